The van der Waals surface area contributed by atoms with Crippen molar-refractivity contribution in [3.63, 3.8) is 0 Å². The second-order valence-electron chi connectivity index (χ2n) is 7.53. The number of benzene rings is 2. The Balaban J connectivity index is 1.42. The highest BCUT2D eigenvalue weighted by Gasteiger charge is 2.27. The highest BCUT2D eigenvalue weighted by Crippen LogP contribution is 2.20. The molecule has 158 valence electrons. The van der Waals surface area contributed by atoms with Crippen LogP contribution in [-0.4, -0.2) is 56.5 Å². The number of nitrogens with one attached hydrogen (secondary N) is 1. The van der Waals surface area contributed by atoms with E-state index >= 15 is 0 Å². The van der Waals surface area contributed by atoms with Crippen molar-refractivity contribution in [2.45, 2.75) is 12.8 Å². The molecule has 0 bridgehead atoms. The minimum Gasteiger partial charge on any atom is -0.452 e. The predicted molar refractivity (Wildman–Crippen MR) is 115 cm³/mol. The summed E-state index contributed by atoms with van der Waals surface area (Å²) in [6.07, 6.45) is 1.18. The van der Waals surface area contributed by atoms with E-state index in [2.05, 4.69) is 5.32 Å². The Hall–Kier alpha value is -3.35. The summed E-state index contributed by atoms with van der Waals surface area (Å²) in [6, 6.07) is 16.3. The van der Waals surface area contributed by atoms with Gasteiger partial charge in [-0.05, 0) is 49.2 Å². The Morgan fingerprint density at radius 1 is 1.00 bits per heavy atom. The summed E-state index contributed by atoms with van der Waals surface area (Å²) in [4.78, 5) is 40.5. The number of carbonyl (C=O) groups excluding carboxylic acids is 3. The number of nitrogens with zero attached hydrogens (tertiary/aromatic N) is 2. The summed E-state index contributed by atoms with van der Waals surface area (Å²) in [5, 5.41) is 2.91. The molecule has 0 saturated carbocycles. The zero-order valence-corrected chi connectivity index (χ0v) is 17.3. The molecule has 0 atom stereocenters. The summed E-state index contributed by atoms with van der Waals surface area (Å²) in [5.74, 6) is -0.922. The quantitative estimate of drug-likeness (QED) is 0.743. The van der Waals surface area contributed by atoms with Gasteiger partial charge in [-0.3, -0.25) is 9.59 Å². The van der Waals surface area contributed by atoms with Gasteiger partial charge in [0.1, 0.15) is 0 Å². The SMILES string of the molecule is CN(C)c1ccc(C(=O)OCC(=O)N2CCC(C(=O)Nc3ccccc3)CC2)cc1. The molecule has 2 aromatic carbocycles. The molecule has 7 nitrogen and oxygen atoms in total. The average molecular weight is 409 g/mol. The molecule has 2 aromatic rings. The Bertz CT molecular complexity index is 873. The number of likely N-dealkylation sites (tertiary alicyclic amines) is 1. The molecule has 3 rings (SSSR count). The highest BCUT2D eigenvalue weighted by atomic mass is 16.5. The summed E-state index contributed by atoms with van der Waals surface area (Å²) in [6.45, 7) is 0.650. The lowest BCUT2D eigenvalue weighted by Crippen LogP contribution is -2.43. The van der Waals surface area contributed by atoms with Gasteiger partial charge in [0.25, 0.3) is 5.91 Å². The number of anilines is 2. The number of para-hydroxylation sites is 1. The number of esters is 1. The molecule has 7 heteroatoms. The second kappa shape index (κ2) is 9.91. The van der Waals surface area contributed by atoms with Crippen LogP contribution in [0.4, 0.5) is 11.4 Å². The zero-order valence-electron chi connectivity index (χ0n) is 17.3. The van der Waals surface area contributed by atoms with Gasteiger partial charge in [0.15, 0.2) is 6.61 Å². The van der Waals surface area contributed by atoms with Crippen molar-refractivity contribution in [2.24, 2.45) is 5.92 Å². The molecule has 1 fully saturated rings. The number of hydrogen-bond acceptors (Lipinski definition) is 5. The second-order valence-corrected chi connectivity index (χ2v) is 7.53. The van der Waals surface area contributed by atoms with Gasteiger partial charge in [0, 0.05) is 44.5 Å². The fraction of sp³-hybridized carbons (Fsp3) is 0.348. The third kappa shape index (κ3) is 5.59. The van der Waals surface area contributed by atoms with Crippen LogP contribution >= 0.6 is 0 Å². The lowest BCUT2D eigenvalue weighted by molar-refractivity contribution is -0.137. The minimum atomic E-state index is -0.522. The molecule has 0 unspecified atom stereocenters. The van der Waals surface area contributed by atoms with E-state index < -0.39 is 5.97 Å². The van der Waals surface area contributed by atoms with E-state index in [9.17, 15) is 14.4 Å². The normalized spacial score (nSPS) is 14.1. The van der Waals surface area contributed by atoms with E-state index in [1.165, 1.54) is 0 Å². The van der Waals surface area contributed by atoms with Crippen molar-refractivity contribution in [1.82, 2.24) is 4.90 Å². The van der Waals surface area contributed by atoms with Crippen LogP contribution in [0.5, 0.6) is 0 Å². The van der Waals surface area contributed by atoms with Gasteiger partial charge in [-0.2, -0.15) is 0 Å². The van der Waals surface area contributed by atoms with E-state index in [1.54, 1.807) is 17.0 Å². The fourth-order valence-corrected chi connectivity index (χ4v) is 3.35. The van der Waals surface area contributed by atoms with Crippen LogP contribution in [0.3, 0.4) is 0 Å². The molecule has 1 aliphatic heterocycles. The van der Waals surface area contributed by atoms with Crippen molar-refractivity contribution in [3.8, 4) is 0 Å². The van der Waals surface area contributed by atoms with Gasteiger partial charge in [0.05, 0.1) is 5.56 Å². The third-order valence-electron chi connectivity index (χ3n) is 5.21. The molecule has 0 aliphatic carbocycles. The minimum absolute atomic E-state index is 0.0269. The van der Waals surface area contributed by atoms with Gasteiger partial charge in [-0.25, -0.2) is 4.79 Å². The Kier molecular flexibility index (Phi) is 7.06. The molecule has 1 heterocycles. The summed E-state index contributed by atoms with van der Waals surface area (Å²) in [5.41, 5.74) is 2.15. The van der Waals surface area contributed by atoms with Crippen LogP contribution < -0.4 is 10.2 Å². The van der Waals surface area contributed by atoms with Crippen LogP contribution in [0, 0.1) is 5.92 Å². The first-order valence-corrected chi connectivity index (χ1v) is 10.0. The lowest BCUT2D eigenvalue weighted by atomic mass is 9.95. The van der Waals surface area contributed by atoms with Gasteiger partial charge in [0.2, 0.25) is 5.91 Å². The molecule has 0 spiro atoms. The van der Waals surface area contributed by atoms with E-state index in [0.717, 1.165) is 11.4 Å². The Labute approximate surface area is 176 Å². The number of amides is 2. The van der Waals surface area contributed by atoms with Crippen LogP contribution in [0.2, 0.25) is 0 Å². The van der Waals surface area contributed by atoms with E-state index in [-0.39, 0.29) is 24.3 Å². The van der Waals surface area contributed by atoms with Crippen molar-refractivity contribution in [1.29, 1.82) is 0 Å². The lowest BCUT2D eigenvalue weighted by Gasteiger charge is -2.31. The number of hydrogen-bond donors (Lipinski definition) is 1. The third-order valence-corrected chi connectivity index (χ3v) is 5.21. The van der Waals surface area contributed by atoms with E-state index in [1.807, 2.05) is 61.5 Å². The molecule has 2 amide bonds. The maximum Gasteiger partial charge on any atom is 0.338 e. The maximum absolute atomic E-state index is 12.4. The van der Waals surface area contributed by atoms with Crippen molar-refractivity contribution in [2.75, 3.05) is 44.0 Å². The smallest absolute Gasteiger partial charge is 0.338 e. The number of rotatable bonds is 6. The first-order valence-electron chi connectivity index (χ1n) is 10.0. The molecule has 30 heavy (non-hydrogen) atoms. The topological polar surface area (TPSA) is 79.0 Å². The first-order chi connectivity index (χ1) is 14.4. The van der Waals surface area contributed by atoms with Gasteiger partial charge < -0.3 is 19.9 Å². The molecular formula is C23H27N3O4. The van der Waals surface area contributed by atoms with E-state index in [0.29, 0.717) is 31.5 Å². The largest absolute Gasteiger partial charge is 0.452 e. The van der Waals surface area contributed by atoms with Crippen LogP contribution in [0.25, 0.3) is 0 Å². The zero-order chi connectivity index (χ0) is 21.5. The molecule has 1 aliphatic rings. The number of piperidine rings is 1. The van der Waals surface area contributed by atoms with Crippen LogP contribution in [0.15, 0.2) is 54.6 Å². The first kappa shape index (κ1) is 21.4. The van der Waals surface area contributed by atoms with Crippen molar-refractivity contribution in [3.05, 3.63) is 60.2 Å². The summed E-state index contributed by atoms with van der Waals surface area (Å²) in [7, 11) is 3.83. The number of ether oxygens (including phenoxy) is 1. The Morgan fingerprint density at radius 2 is 1.63 bits per heavy atom. The fourth-order valence-electron chi connectivity index (χ4n) is 3.35. The predicted octanol–water partition coefficient (Wildman–Crippen LogP) is 2.79. The Morgan fingerprint density at radius 3 is 2.23 bits per heavy atom. The summed E-state index contributed by atoms with van der Waals surface area (Å²) < 4.78 is 5.17. The van der Waals surface area contributed by atoms with Crippen LogP contribution in [-0.2, 0) is 14.3 Å². The standard InChI is InChI=1S/C23H27N3O4/c1-25(2)20-10-8-18(9-11-20)23(29)30-16-21(27)26-14-12-17(13-15-26)22(28)24-19-6-4-3-5-7-19/h3-11,17H,12-16H2,1-2H3,(H,24,28). The van der Waals surface area contributed by atoms with Crippen molar-refractivity contribution < 1.29 is 19.1 Å². The van der Waals surface area contributed by atoms with E-state index in [4.69, 9.17) is 4.74 Å². The maximum atomic E-state index is 12.4. The van der Waals surface area contributed by atoms with Gasteiger partial charge in [-0.15, -0.1) is 0 Å². The van der Waals surface area contributed by atoms with Gasteiger partial charge >= 0.3 is 5.97 Å². The number of carbonyl (C=O) groups is 3. The van der Waals surface area contributed by atoms with Gasteiger partial charge in [-0.1, -0.05) is 18.2 Å². The monoisotopic (exact) mass is 409 g/mol. The molecule has 1 N–H and O–H groups in total. The van der Waals surface area contributed by atoms with Crippen LogP contribution in [0.1, 0.15) is 23.2 Å². The molecule has 1 saturated heterocycles. The van der Waals surface area contributed by atoms with Crippen molar-refractivity contribution >= 4 is 29.2 Å². The summed E-state index contributed by atoms with van der Waals surface area (Å²) >= 11 is 0. The molecule has 0 aromatic heterocycles. The average Bonchev–Trinajstić information content (AvgIpc) is 2.78. The molecule has 0 radical (unpaired) electrons. The highest BCUT2D eigenvalue weighted by molar-refractivity contribution is 5.93. The molecular weight excluding hydrogens is 382 g/mol.